The van der Waals surface area contributed by atoms with Crippen LogP contribution in [0.1, 0.15) is 19.8 Å². The summed E-state index contributed by atoms with van der Waals surface area (Å²) in [5, 5.41) is 0. The molecular formula is C7H14F3NS. The van der Waals surface area contributed by atoms with Crippen molar-refractivity contribution in [2.45, 2.75) is 32.0 Å². The Morgan fingerprint density at radius 1 is 1.33 bits per heavy atom. The Morgan fingerprint density at radius 2 is 1.92 bits per heavy atom. The van der Waals surface area contributed by atoms with E-state index in [9.17, 15) is 13.2 Å². The Hall–Kier alpha value is 0.100. The summed E-state index contributed by atoms with van der Waals surface area (Å²) in [6.45, 7) is 1.85. The third-order valence-electron chi connectivity index (χ3n) is 1.25. The molecular weight excluding hydrogens is 187 g/mol. The fourth-order valence-corrected chi connectivity index (χ4v) is 1.68. The summed E-state index contributed by atoms with van der Waals surface area (Å²) in [5.74, 6) is 0.865. The summed E-state index contributed by atoms with van der Waals surface area (Å²) in [6, 6.07) is 0.0865. The largest absolute Gasteiger partial charge is 0.389 e. The summed E-state index contributed by atoms with van der Waals surface area (Å²) in [6.07, 6.45) is -3.93. The smallest absolute Gasteiger partial charge is 0.328 e. The van der Waals surface area contributed by atoms with Gasteiger partial charge in [-0.3, -0.25) is 0 Å². The highest BCUT2D eigenvalue weighted by atomic mass is 32.2. The van der Waals surface area contributed by atoms with Crippen LogP contribution in [-0.2, 0) is 0 Å². The summed E-state index contributed by atoms with van der Waals surface area (Å²) in [4.78, 5) is 0. The predicted molar refractivity (Wildman–Crippen MR) is 46.3 cm³/mol. The first-order chi connectivity index (χ1) is 5.42. The maximum Gasteiger partial charge on any atom is 0.389 e. The number of nitrogens with two attached hydrogens (primary N) is 1. The van der Waals surface area contributed by atoms with Gasteiger partial charge in [-0.2, -0.15) is 24.9 Å². The second-order valence-corrected chi connectivity index (χ2v) is 3.97. The highest BCUT2D eigenvalue weighted by Crippen LogP contribution is 2.22. The van der Waals surface area contributed by atoms with E-state index in [0.29, 0.717) is 5.75 Å². The number of hydrogen-bond acceptors (Lipinski definition) is 2. The predicted octanol–water partition coefficient (Wildman–Crippen LogP) is 2.41. The van der Waals surface area contributed by atoms with Gasteiger partial charge >= 0.3 is 6.18 Å². The molecule has 0 rings (SSSR count). The zero-order valence-electron chi connectivity index (χ0n) is 7.03. The maximum absolute atomic E-state index is 11.6. The summed E-state index contributed by atoms with van der Waals surface area (Å²) >= 11 is 1.31. The van der Waals surface area contributed by atoms with Gasteiger partial charge in [-0.15, -0.1) is 0 Å². The second-order valence-electron chi connectivity index (χ2n) is 2.74. The van der Waals surface area contributed by atoms with Crippen molar-refractivity contribution >= 4 is 11.8 Å². The highest BCUT2D eigenvalue weighted by Gasteiger charge is 2.25. The average Bonchev–Trinajstić information content (AvgIpc) is 1.83. The number of rotatable bonds is 5. The third kappa shape index (κ3) is 10.1. The zero-order valence-corrected chi connectivity index (χ0v) is 7.84. The maximum atomic E-state index is 11.6. The van der Waals surface area contributed by atoms with Gasteiger partial charge in [0.25, 0.3) is 0 Å². The van der Waals surface area contributed by atoms with Crippen molar-refractivity contribution < 1.29 is 13.2 Å². The first-order valence-electron chi connectivity index (χ1n) is 3.82. The molecule has 0 aromatic heterocycles. The molecule has 0 fully saturated rings. The van der Waals surface area contributed by atoms with E-state index in [1.165, 1.54) is 11.8 Å². The molecule has 0 bridgehead atoms. The van der Waals surface area contributed by atoms with Crippen molar-refractivity contribution in [3.8, 4) is 0 Å². The van der Waals surface area contributed by atoms with Gasteiger partial charge in [0.2, 0.25) is 0 Å². The van der Waals surface area contributed by atoms with E-state index in [1.54, 1.807) is 0 Å². The number of thioether (sulfide) groups is 1. The SMILES string of the molecule is CC(N)CCSCCC(F)(F)F. The zero-order chi connectivity index (χ0) is 9.61. The van der Waals surface area contributed by atoms with Crippen LogP contribution >= 0.6 is 11.8 Å². The summed E-state index contributed by atoms with van der Waals surface area (Å²) in [7, 11) is 0. The molecule has 74 valence electrons. The quantitative estimate of drug-likeness (QED) is 0.691. The van der Waals surface area contributed by atoms with Crippen LogP contribution in [0.15, 0.2) is 0 Å². The number of hydrogen-bond donors (Lipinski definition) is 1. The van der Waals surface area contributed by atoms with Crippen LogP contribution < -0.4 is 5.73 Å². The third-order valence-corrected chi connectivity index (χ3v) is 2.26. The van der Waals surface area contributed by atoms with Gasteiger partial charge in [0.1, 0.15) is 0 Å². The van der Waals surface area contributed by atoms with Gasteiger partial charge in [0, 0.05) is 11.8 Å². The van der Waals surface area contributed by atoms with Gasteiger partial charge in [-0.05, 0) is 19.1 Å². The van der Waals surface area contributed by atoms with Crippen molar-refractivity contribution in [1.29, 1.82) is 0 Å². The first-order valence-corrected chi connectivity index (χ1v) is 4.97. The van der Waals surface area contributed by atoms with Crippen molar-refractivity contribution in [2.75, 3.05) is 11.5 Å². The molecule has 0 saturated carbocycles. The van der Waals surface area contributed by atoms with Crippen LogP contribution in [0.4, 0.5) is 13.2 Å². The molecule has 1 unspecified atom stereocenters. The lowest BCUT2D eigenvalue weighted by Gasteiger charge is -2.06. The lowest BCUT2D eigenvalue weighted by atomic mass is 10.3. The standard InChI is InChI=1S/C7H14F3NS/c1-6(11)2-4-12-5-3-7(8,9)10/h6H,2-5,11H2,1H3. The fourth-order valence-electron chi connectivity index (χ4n) is 0.559. The van der Waals surface area contributed by atoms with E-state index >= 15 is 0 Å². The van der Waals surface area contributed by atoms with Gasteiger partial charge in [-0.1, -0.05) is 0 Å². The molecule has 1 nitrogen and oxygen atoms in total. The topological polar surface area (TPSA) is 26.0 Å². The van der Waals surface area contributed by atoms with E-state index in [-0.39, 0.29) is 11.8 Å². The molecule has 0 heterocycles. The average molecular weight is 201 g/mol. The monoisotopic (exact) mass is 201 g/mol. The van der Waals surface area contributed by atoms with E-state index in [1.807, 2.05) is 6.92 Å². The molecule has 0 aliphatic carbocycles. The van der Waals surface area contributed by atoms with E-state index in [2.05, 4.69) is 0 Å². The molecule has 0 aromatic carbocycles. The Kier molecular flexibility index (Phi) is 5.74. The number of halogens is 3. The van der Waals surface area contributed by atoms with E-state index in [4.69, 9.17) is 5.73 Å². The molecule has 5 heteroatoms. The molecule has 0 saturated heterocycles. The van der Waals surface area contributed by atoms with Gasteiger partial charge in [0.15, 0.2) is 0 Å². The van der Waals surface area contributed by atoms with Crippen molar-refractivity contribution in [1.82, 2.24) is 0 Å². The Labute approximate surface area is 74.9 Å². The van der Waals surface area contributed by atoms with Crippen LogP contribution in [-0.4, -0.2) is 23.7 Å². The van der Waals surface area contributed by atoms with Gasteiger partial charge in [-0.25, -0.2) is 0 Å². The van der Waals surface area contributed by atoms with Crippen molar-refractivity contribution in [2.24, 2.45) is 5.73 Å². The molecule has 0 radical (unpaired) electrons. The lowest BCUT2D eigenvalue weighted by molar-refractivity contribution is -0.129. The number of alkyl halides is 3. The second kappa shape index (κ2) is 5.70. The minimum Gasteiger partial charge on any atom is -0.328 e. The molecule has 1 atom stereocenters. The first kappa shape index (κ1) is 12.1. The Morgan fingerprint density at radius 3 is 2.33 bits per heavy atom. The Bertz CT molecular complexity index is 114. The van der Waals surface area contributed by atoms with Crippen LogP contribution in [0, 0.1) is 0 Å². The van der Waals surface area contributed by atoms with Crippen molar-refractivity contribution in [3.63, 3.8) is 0 Å². The molecule has 0 spiro atoms. The van der Waals surface area contributed by atoms with Crippen LogP contribution in [0.5, 0.6) is 0 Å². The summed E-state index contributed by atoms with van der Waals surface area (Å²) < 4.78 is 34.8. The van der Waals surface area contributed by atoms with Crippen LogP contribution in [0.25, 0.3) is 0 Å². The van der Waals surface area contributed by atoms with Crippen LogP contribution in [0.2, 0.25) is 0 Å². The minimum absolute atomic E-state index is 0.0865. The van der Waals surface area contributed by atoms with Crippen LogP contribution in [0.3, 0.4) is 0 Å². The van der Waals surface area contributed by atoms with E-state index in [0.717, 1.165) is 6.42 Å². The fraction of sp³-hybridized carbons (Fsp3) is 1.00. The van der Waals surface area contributed by atoms with Gasteiger partial charge in [0.05, 0.1) is 6.42 Å². The molecule has 0 aromatic rings. The van der Waals surface area contributed by atoms with Crippen molar-refractivity contribution in [3.05, 3.63) is 0 Å². The Balaban J connectivity index is 3.12. The normalized spacial score (nSPS) is 14.8. The summed E-state index contributed by atoms with van der Waals surface area (Å²) in [5.41, 5.74) is 5.42. The molecule has 0 amide bonds. The minimum atomic E-state index is -4.01. The molecule has 12 heavy (non-hydrogen) atoms. The molecule has 0 aliphatic heterocycles. The molecule has 2 N–H and O–H groups in total. The van der Waals surface area contributed by atoms with Gasteiger partial charge < -0.3 is 5.73 Å². The highest BCUT2D eigenvalue weighted by molar-refractivity contribution is 7.99. The lowest BCUT2D eigenvalue weighted by Crippen LogP contribution is -2.15. The van der Waals surface area contributed by atoms with E-state index < -0.39 is 12.6 Å². The molecule has 0 aliphatic rings.